The molecule has 0 bridgehead atoms. The average molecular weight is 340 g/mol. The molecule has 0 N–H and O–H groups in total. The zero-order valence-electron chi connectivity index (χ0n) is 13.9. The summed E-state index contributed by atoms with van der Waals surface area (Å²) in [4.78, 5) is 27.2. The molecule has 25 heavy (non-hydrogen) atoms. The van der Waals surface area contributed by atoms with Crippen molar-refractivity contribution in [2.45, 2.75) is 31.8 Å². The van der Waals surface area contributed by atoms with Gasteiger partial charge >= 0.3 is 0 Å². The number of pyridine rings is 1. The third kappa shape index (κ3) is 3.46. The average Bonchev–Trinajstić information content (AvgIpc) is 3.09. The van der Waals surface area contributed by atoms with Crippen LogP contribution in [-0.2, 0) is 22.4 Å². The summed E-state index contributed by atoms with van der Waals surface area (Å²) in [6.45, 7) is 1.95. The molecule has 0 aromatic carbocycles. The Hall–Kier alpha value is -2.54. The van der Waals surface area contributed by atoms with Crippen LogP contribution in [0.1, 0.15) is 24.1 Å². The maximum atomic E-state index is 12.6. The lowest BCUT2D eigenvalue weighted by atomic mass is 10.1. The quantitative estimate of drug-likeness (QED) is 0.847. The van der Waals surface area contributed by atoms with Gasteiger partial charge in [0.15, 0.2) is 0 Å². The molecule has 0 saturated carbocycles. The molecule has 1 amide bonds. The lowest BCUT2D eigenvalue weighted by Crippen LogP contribution is -2.40. The van der Waals surface area contributed by atoms with Crippen molar-refractivity contribution in [2.75, 3.05) is 19.7 Å². The maximum Gasteiger partial charge on any atom is 0.251 e. The largest absolute Gasteiger partial charge is 0.437 e. The Labute approximate surface area is 146 Å². The molecular formula is C18H20N4O3. The Morgan fingerprint density at radius 2 is 2.20 bits per heavy atom. The SMILES string of the molecule is O=C(C1CCCO1)N1CCc2ncnc(Oc3cccnc3)c2CC1. The number of carbonyl (C=O) groups excluding carboxylic acids is 1. The maximum absolute atomic E-state index is 12.6. The minimum absolute atomic E-state index is 0.0907. The number of nitrogens with zero attached hydrogens (tertiary/aromatic N) is 4. The van der Waals surface area contributed by atoms with Crippen molar-refractivity contribution < 1.29 is 14.3 Å². The van der Waals surface area contributed by atoms with E-state index in [1.807, 2.05) is 17.0 Å². The number of ether oxygens (including phenoxy) is 2. The summed E-state index contributed by atoms with van der Waals surface area (Å²) in [6.07, 6.45) is 7.72. The number of hydrogen-bond acceptors (Lipinski definition) is 6. The molecule has 2 aliphatic rings. The zero-order chi connectivity index (χ0) is 17.1. The van der Waals surface area contributed by atoms with Crippen LogP contribution in [0.25, 0.3) is 0 Å². The van der Waals surface area contributed by atoms with Crippen molar-refractivity contribution in [1.29, 1.82) is 0 Å². The highest BCUT2D eigenvalue weighted by atomic mass is 16.5. The lowest BCUT2D eigenvalue weighted by Gasteiger charge is -2.23. The molecule has 4 rings (SSSR count). The summed E-state index contributed by atoms with van der Waals surface area (Å²) >= 11 is 0. The fourth-order valence-electron chi connectivity index (χ4n) is 3.30. The fourth-order valence-corrected chi connectivity index (χ4v) is 3.30. The number of aromatic nitrogens is 3. The van der Waals surface area contributed by atoms with Crippen molar-refractivity contribution in [3.05, 3.63) is 42.1 Å². The molecule has 0 aliphatic carbocycles. The molecule has 2 aromatic heterocycles. The minimum atomic E-state index is -0.279. The number of rotatable bonds is 3. The molecule has 0 radical (unpaired) electrons. The van der Waals surface area contributed by atoms with E-state index < -0.39 is 0 Å². The highest BCUT2D eigenvalue weighted by Gasteiger charge is 2.30. The van der Waals surface area contributed by atoms with Gasteiger partial charge in [0.1, 0.15) is 18.2 Å². The first-order chi connectivity index (χ1) is 12.3. The standard InChI is InChI=1S/C18H20N4O3/c23-18(16-4-2-10-24-16)22-8-5-14-15(6-9-22)20-12-21-17(14)25-13-3-1-7-19-11-13/h1,3,7,11-12,16H,2,4-6,8-10H2. The fraction of sp³-hybridized carbons (Fsp3) is 0.444. The second kappa shape index (κ2) is 7.14. The predicted octanol–water partition coefficient (Wildman–Crippen LogP) is 1.77. The van der Waals surface area contributed by atoms with Gasteiger partial charge in [-0.15, -0.1) is 0 Å². The molecule has 4 heterocycles. The highest BCUT2D eigenvalue weighted by Crippen LogP contribution is 2.27. The van der Waals surface area contributed by atoms with E-state index in [1.165, 1.54) is 6.33 Å². The minimum Gasteiger partial charge on any atom is -0.437 e. The van der Waals surface area contributed by atoms with Crippen LogP contribution in [0, 0.1) is 0 Å². The summed E-state index contributed by atoms with van der Waals surface area (Å²) in [5.41, 5.74) is 1.91. The highest BCUT2D eigenvalue weighted by molar-refractivity contribution is 5.81. The molecule has 2 aromatic rings. The zero-order valence-corrected chi connectivity index (χ0v) is 13.9. The van der Waals surface area contributed by atoms with Crippen LogP contribution >= 0.6 is 0 Å². The summed E-state index contributed by atoms with van der Waals surface area (Å²) < 4.78 is 11.4. The van der Waals surface area contributed by atoms with Crippen LogP contribution in [0.15, 0.2) is 30.9 Å². The Morgan fingerprint density at radius 3 is 3.00 bits per heavy atom. The van der Waals surface area contributed by atoms with E-state index in [9.17, 15) is 4.79 Å². The van der Waals surface area contributed by atoms with E-state index in [4.69, 9.17) is 9.47 Å². The van der Waals surface area contributed by atoms with Gasteiger partial charge in [0, 0.05) is 37.9 Å². The van der Waals surface area contributed by atoms with Gasteiger partial charge in [0.2, 0.25) is 5.88 Å². The number of amides is 1. The van der Waals surface area contributed by atoms with Crippen LogP contribution < -0.4 is 4.74 Å². The lowest BCUT2D eigenvalue weighted by molar-refractivity contribution is -0.140. The molecule has 1 unspecified atom stereocenters. The molecule has 1 fully saturated rings. The second-order valence-electron chi connectivity index (χ2n) is 6.22. The van der Waals surface area contributed by atoms with E-state index in [2.05, 4.69) is 15.0 Å². The molecule has 0 spiro atoms. The summed E-state index contributed by atoms with van der Waals surface area (Å²) in [6, 6.07) is 3.66. The topological polar surface area (TPSA) is 77.4 Å². The van der Waals surface area contributed by atoms with Gasteiger partial charge in [-0.3, -0.25) is 9.78 Å². The van der Waals surface area contributed by atoms with Crippen molar-refractivity contribution in [3.8, 4) is 11.6 Å². The predicted molar refractivity (Wildman–Crippen MR) is 89.3 cm³/mol. The summed E-state index contributed by atoms with van der Waals surface area (Å²) in [7, 11) is 0. The molecule has 2 aliphatic heterocycles. The molecule has 7 heteroatoms. The molecule has 130 valence electrons. The van der Waals surface area contributed by atoms with Crippen LogP contribution in [0.2, 0.25) is 0 Å². The normalized spacial score (nSPS) is 20.0. The van der Waals surface area contributed by atoms with E-state index in [1.54, 1.807) is 12.4 Å². The van der Waals surface area contributed by atoms with Crippen LogP contribution in [0.3, 0.4) is 0 Å². The smallest absolute Gasteiger partial charge is 0.251 e. The van der Waals surface area contributed by atoms with Gasteiger partial charge in [-0.05, 0) is 31.4 Å². The summed E-state index contributed by atoms with van der Waals surface area (Å²) in [5.74, 6) is 1.28. The van der Waals surface area contributed by atoms with E-state index in [0.717, 1.165) is 24.1 Å². The van der Waals surface area contributed by atoms with Crippen molar-refractivity contribution in [2.24, 2.45) is 0 Å². The Kier molecular flexibility index (Phi) is 4.56. The Morgan fingerprint density at radius 1 is 1.28 bits per heavy atom. The third-order valence-corrected chi connectivity index (χ3v) is 4.61. The molecule has 1 atom stereocenters. The van der Waals surface area contributed by atoms with Crippen LogP contribution in [0.5, 0.6) is 11.6 Å². The number of hydrogen-bond donors (Lipinski definition) is 0. The Balaban J connectivity index is 1.51. The van der Waals surface area contributed by atoms with Crippen molar-refractivity contribution in [1.82, 2.24) is 19.9 Å². The van der Waals surface area contributed by atoms with Gasteiger partial charge in [0.05, 0.1) is 11.9 Å². The van der Waals surface area contributed by atoms with E-state index in [0.29, 0.717) is 44.2 Å². The van der Waals surface area contributed by atoms with Crippen molar-refractivity contribution >= 4 is 5.91 Å². The third-order valence-electron chi connectivity index (χ3n) is 4.61. The first-order valence-corrected chi connectivity index (χ1v) is 8.62. The van der Waals surface area contributed by atoms with Gasteiger partial charge in [0.25, 0.3) is 5.91 Å². The molecule has 7 nitrogen and oxygen atoms in total. The molecular weight excluding hydrogens is 320 g/mol. The van der Waals surface area contributed by atoms with Gasteiger partial charge < -0.3 is 14.4 Å². The number of carbonyl (C=O) groups is 1. The summed E-state index contributed by atoms with van der Waals surface area (Å²) in [5, 5.41) is 0. The van der Waals surface area contributed by atoms with E-state index in [-0.39, 0.29) is 12.0 Å². The first kappa shape index (κ1) is 16.0. The molecule has 1 saturated heterocycles. The van der Waals surface area contributed by atoms with Crippen LogP contribution in [-0.4, -0.2) is 51.6 Å². The second-order valence-corrected chi connectivity index (χ2v) is 6.22. The Bertz CT molecular complexity index is 747. The monoisotopic (exact) mass is 340 g/mol. The van der Waals surface area contributed by atoms with Crippen LogP contribution in [0.4, 0.5) is 0 Å². The van der Waals surface area contributed by atoms with Gasteiger partial charge in [-0.25, -0.2) is 9.97 Å². The van der Waals surface area contributed by atoms with Gasteiger partial charge in [-0.2, -0.15) is 0 Å². The van der Waals surface area contributed by atoms with Gasteiger partial charge in [-0.1, -0.05) is 0 Å². The van der Waals surface area contributed by atoms with Crippen molar-refractivity contribution in [3.63, 3.8) is 0 Å². The van der Waals surface area contributed by atoms with E-state index >= 15 is 0 Å². The first-order valence-electron chi connectivity index (χ1n) is 8.62. The number of fused-ring (bicyclic) bond motifs is 1.